The molecule has 1 N–H and O–H groups in total. The molecule has 26 heavy (non-hydrogen) atoms. The van der Waals surface area contributed by atoms with Crippen LogP contribution in [0.15, 0.2) is 58.5 Å². The number of anilines is 2. The highest BCUT2D eigenvalue weighted by atomic mass is 35.5. The van der Waals surface area contributed by atoms with Crippen LogP contribution in [0.1, 0.15) is 5.56 Å². The van der Waals surface area contributed by atoms with Gasteiger partial charge in [0.15, 0.2) is 16.7 Å². The summed E-state index contributed by atoms with van der Waals surface area (Å²) in [6, 6.07) is 13.5. The summed E-state index contributed by atoms with van der Waals surface area (Å²) in [7, 11) is 0. The van der Waals surface area contributed by atoms with Gasteiger partial charge in [0.2, 0.25) is 0 Å². The van der Waals surface area contributed by atoms with E-state index in [1.54, 1.807) is 23.1 Å². The summed E-state index contributed by atoms with van der Waals surface area (Å²) in [4.78, 5) is 21.5. The van der Waals surface area contributed by atoms with Crippen LogP contribution in [0.25, 0.3) is 0 Å². The average molecular weight is 388 g/mol. The van der Waals surface area contributed by atoms with Gasteiger partial charge in [-0.1, -0.05) is 35.5 Å². The number of nitrogens with one attached hydrogen (secondary N) is 1. The molecule has 0 unspecified atom stereocenters. The molecule has 0 fully saturated rings. The first-order chi connectivity index (χ1) is 12.6. The number of hydrogen-bond donors (Lipinski definition) is 1. The molecule has 1 aliphatic rings. The zero-order valence-electron chi connectivity index (χ0n) is 13.4. The van der Waals surface area contributed by atoms with E-state index >= 15 is 0 Å². The van der Waals surface area contributed by atoms with E-state index in [2.05, 4.69) is 15.3 Å². The number of thioether (sulfide) groups is 1. The Morgan fingerprint density at radius 3 is 2.81 bits per heavy atom. The smallest absolute Gasteiger partial charge is 0.277 e. The Kier molecular flexibility index (Phi) is 4.57. The van der Waals surface area contributed by atoms with Gasteiger partial charge in [-0.05, 0) is 42.0 Å². The van der Waals surface area contributed by atoms with Gasteiger partial charge in [-0.3, -0.25) is 9.78 Å². The second kappa shape index (κ2) is 7.01. The molecule has 8 heteroatoms. The summed E-state index contributed by atoms with van der Waals surface area (Å²) in [6.07, 6.45) is 0. The first kappa shape index (κ1) is 16.9. The van der Waals surface area contributed by atoms with E-state index in [1.165, 1.54) is 23.9 Å². The predicted molar refractivity (Wildman–Crippen MR) is 101 cm³/mol. The SMILES string of the molecule is O=c1[nH]c(SCc2cccc(F)c2)nc2c1N(c1ccc(Cl)cc1)C[N]2. The van der Waals surface area contributed by atoms with Crippen molar-refractivity contribution >= 4 is 40.6 Å². The maximum atomic E-state index is 13.3. The molecule has 131 valence electrons. The lowest BCUT2D eigenvalue weighted by molar-refractivity contribution is 0.626. The van der Waals surface area contributed by atoms with Gasteiger partial charge in [0, 0.05) is 16.5 Å². The van der Waals surface area contributed by atoms with Gasteiger partial charge in [0.25, 0.3) is 5.56 Å². The van der Waals surface area contributed by atoms with Crippen molar-refractivity contribution in [2.75, 3.05) is 11.6 Å². The third-order valence-electron chi connectivity index (χ3n) is 3.89. The van der Waals surface area contributed by atoms with E-state index in [0.717, 1.165) is 11.3 Å². The normalized spacial score (nSPS) is 12.8. The van der Waals surface area contributed by atoms with Crippen molar-refractivity contribution in [2.45, 2.75) is 10.9 Å². The van der Waals surface area contributed by atoms with Gasteiger partial charge < -0.3 is 4.90 Å². The molecule has 1 aliphatic heterocycles. The Balaban J connectivity index is 1.57. The molecule has 5 nitrogen and oxygen atoms in total. The molecule has 0 saturated heterocycles. The molecule has 0 saturated carbocycles. The maximum Gasteiger partial charge on any atom is 0.277 e. The zero-order chi connectivity index (χ0) is 18.1. The third kappa shape index (κ3) is 3.40. The highest BCUT2D eigenvalue weighted by Gasteiger charge is 2.27. The van der Waals surface area contributed by atoms with Crippen molar-refractivity contribution in [3.63, 3.8) is 0 Å². The molecule has 0 amide bonds. The largest absolute Gasteiger partial charge is 0.314 e. The van der Waals surface area contributed by atoms with E-state index in [9.17, 15) is 9.18 Å². The fourth-order valence-electron chi connectivity index (χ4n) is 2.68. The molecule has 2 aromatic carbocycles. The summed E-state index contributed by atoms with van der Waals surface area (Å²) in [6.45, 7) is 0.324. The van der Waals surface area contributed by atoms with Crippen LogP contribution in [0.3, 0.4) is 0 Å². The Bertz CT molecular complexity index is 1010. The number of nitrogens with zero attached hydrogens (tertiary/aromatic N) is 3. The van der Waals surface area contributed by atoms with E-state index in [4.69, 9.17) is 11.6 Å². The van der Waals surface area contributed by atoms with Gasteiger partial charge in [0.05, 0.1) is 0 Å². The number of aromatic nitrogens is 2. The molecular weight excluding hydrogens is 375 g/mol. The number of hydrogen-bond acceptors (Lipinski definition) is 4. The predicted octanol–water partition coefficient (Wildman–Crippen LogP) is 4.20. The van der Waals surface area contributed by atoms with E-state index in [1.807, 2.05) is 18.2 Å². The topological polar surface area (TPSA) is 63.1 Å². The minimum atomic E-state index is -0.285. The quantitative estimate of drug-likeness (QED) is 0.538. The lowest BCUT2D eigenvalue weighted by Gasteiger charge is -2.16. The summed E-state index contributed by atoms with van der Waals surface area (Å²) in [5, 5.41) is 5.44. The Morgan fingerprint density at radius 2 is 2.04 bits per heavy atom. The van der Waals surface area contributed by atoms with Crippen LogP contribution in [0.4, 0.5) is 21.6 Å². The number of halogens is 2. The molecule has 1 aromatic heterocycles. The molecule has 0 aliphatic carbocycles. The van der Waals surface area contributed by atoms with Gasteiger partial charge in [0.1, 0.15) is 12.5 Å². The standard InChI is InChI=1S/C18H13ClFN4OS/c19-12-4-6-14(7-5-12)24-10-21-16-15(24)17(25)23-18(22-16)26-9-11-2-1-3-13(20)8-11/h1-8H,9-10H2,(H,22,23,25). The van der Waals surface area contributed by atoms with Gasteiger partial charge in [-0.15, -0.1) is 0 Å². The van der Waals surface area contributed by atoms with Crippen molar-refractivity contribution in [1.29, 1.82) is 0 Å². The Hall–Kier alpha value is -2.51. The molecular formula is C18H13ClFN4OS. The van der Waals surface area contributed by atoms with Crippen molar-refractivity contribution in [3.8, 4) is 0 Å². The van der Waals surface area contributed by atoms with Crippen molar-refractivity contribution in [3.05, 3.63) is 75.3 Å². The Morgan fingerprint density at radius 1 is 1.23 bits per heavy atom. The third-order valence-corrected chi connectivity index (χ3v) is 5.09. The van der Waals surface area contributed by atoms with Crippen molar-refractivity contribution in [1.82, 2.24) is 15.3 Å². The summed E-state index contributed by atoms with van der Waals surface area (Å²) in [5.41, 5.74) is 1.80. The molecule has 0 spiro atoms. The first-order valence-corrected chi connectivity index (χ1v) is 9.19. The monoisotopic (exact) mass is 387 g/mol. The molecule has 0 atom stereocenters. The molecule has 0 bridgehead atoms. The van der Waals surface area contributed by atoms with Crippen LogP contribution in [-0.4, -0.2) is 16.6 Å². The van der Waals surface area contributed by atoms with Crippen LogP contribution >= 0.6 is 23.4 Å². The van der Waals surface area contributed by atoms with Gasteiger partial charge in [-0.2, -0.15) is 0 Å². The number of benzene rings is 2. The van der Waals surface area contributed by atoms with Gasteiger partial charge >= 0.3 is 0 Å². The van der Waals surface area contributed by atoms with Crippen LogP contribution in [0, 0.1) is 5.82 Å². The van der Waals surface area contributed by atoms with Crippen LogP contribution in [0.2, 0.25) is 5.02 Å². The summed E-state index contributed by atoms with van der Waals surface area (Å²) in [5.74, 6) is 0.623. The average Bonchev–Trinajstić information content (AvgIpc) is 3.05. The van der Waals surface area contributed by atoms with Crippen LogP contribution in [-0.2, 0) is 5.75 Å². The first-order valence-electron chi connectivity index (χ1n) is 7.82. The lowest BCUT2D eigenvalue weighted by Crippen LogP contribution is -2.22. The second-order valence-corrected chi connectivity index (χ2v) is 7.07. The van der Waals surface area contributed by atoms with Crippen molar-refractivity contribution < 1.29 is 4.39 Å². The van der Waals surface area contributed by atoms with Crippen molar-refractivity contribution in [2.24, 2.45) is 0 Å². The zero-order valence-corrected chi connectivity index (χ0v) is 15.0. The highest BCUT2D eigenvalue weighted by Crippen LogP contribution is 2.34. The highest BCUT2D eigenvalue weighted by molar-refractivity contribution is 7.98. The van der Waals surface area contributed by atoms with Crippen LogP contribution < -0.4 is 15.8 Å². The number of rotatable bonds is 4. The molecule has 3 aromatic rings. The summed E-state index contributed by atoms with van der Waals surface area (Å²) < 4.78 is 13.3. The van der Waals surface area contributed by atoms with Gasteiger partial charge in [-0.25, -0.2) is 14.7 Å². The number of fused-ring (bicyclic) bond motifs is 1. The fourth-order valence-corrected chi connectivity index (χ4v) is 3.60. The molecule has 4 rings (SSSR count). The molecule has 1 radical (unpaired) electrons. The van der Waals surface area contributed by atoms with E-state index in [-0.39, 0.29) is 11.4 Å². The molecule has 2 heterocycles. The number of aromatic amines is 1. The second-order valence-electron chi connectivity index (χ2n) is 5.67. The summed E-state index contributed by atoms with van der Waals surface area (Å²) >= 11 is 7.25. The van der Waals surface area contributed by atoms with E-state index in [0.29, 0.717) is 34.1 Å². The number of H-pyrrole nitrogens is 1. The maximum absolute atomic E-state index is 13.3. The lowest BCUT2D eigenvalue weighted by atomic mass is 10.2. The fraction of sp³-hybridized carbons (Fsp3) is 0.111. The van der Waals surface area contributed by atoms with E-state index < -0.39 is 0 Å². The minimum absolute atomic E-state index is 0.257. The Labute approximate surface area is 158 Å². The van der Waals surface area contributed by atoms with Crippen LogP contribution in [0.5, 0.6) is 0 Å². The minimum Gasteiger partial charge on any atom is -0.314 e.